The van der Waals surface area contributed by atoms with Gasteiger partial charge in [-0.05, 0) is 57.1 Å². The SMILES string of the molecule is Cc1n[nH]c(=S)n1/N=C\c1cc(Br)c(O)c(Br)c1O. The van der Waals surface area contributed by atoms with Gasteiger partial charge in [-0.25, -0.2) is 0 Å². The van der Waals surface area contributed by atoms with Crippen LogP contribution in [0.15, 0.2) is 20.1 Å². The number of nitrogens with zero attached hydrogens (tertiary/aromatic N) is 3. The molecule has 0 saturated carbocycles. The first-order valence-electron chi connectivity index (χ1n) is 5.00. The van der Waals surface area contributed by atoms with Gasteiger partial charge in [-0.15, -0.1) is 0 Å². The fraction of sp³-hybridized carbons (Fsp3) is 0.100. The summed E-state index contributed by atoms with van der Waals surface area (Å²) in [6.45, 7) is 1.74. The van der Waals surface area contributed by atoms with Crippen molar-refractivity contribution in [2.75, 3.05) is 0 Å². The van der Waals surface area contributed by atoms with Crippen molar-refractivity contribution in [1.82, 2.24) is 14.9 Å². The predicted molar refractivity (Wildman–Crippen MR) is 80.3 cm³/mol. The van der Waals surface area contributed by atoms with Crippen LogP contribution in [0.3, 0.4) is 0 Å². The highest BCUT2D eigenvalue weighted by molar-refractivity contribution is 9.11. The van der Waals surface area contributed by atoms with Crippen LogP contribution in [-0.4, -0.2) is 31.3 Å². The molecule has 0 radical (unpaired) electrons. The molecule has 1 aromatic carbocycles. The maximum absolute atomic E-state index is 9.89. The number of aryl methyl sites for hydroxylation is 1. The molecule has 0 aliphatic carbocycles. The molecule has 0 aliphatic rings. The van der Waals surface area contributed by atoms with Crippen LogP contribution >= 0.6 is 44.1 Å². The Morgan fingerprint density at radius 2 is 2.11 bits per heavy atom. The largest absolute Gasteiger partial charge is 0.506 e. The molecule has 9 heteroatoms. The number of rotatable bonds is 2. The highest BCUT2D eigenvalue weighted by Gasteiger charge is 2.12. The summed E-state index contributed by atoms with van der Waals surface area (Å²) in [7, 11) is 0. The van der Waals surface area contributed by atoms with Crippen molar-refractivity contribution in [3.63, 3.8) is 0 Å². The summed E-state index contributed by atoms with van der Waals surface area (Å²) in [5, 5.41) is 30.1. The van der Waals surface area contributed by atoms with Gasteiger partial charge >= 0.3 is 0 Å². The van der Waals surface area contributed by atoms with Crippen LogP contribution in [0.1, 0.15) is 11.4 Å². The monoisotopic (exact) mass is 406 g/mol. The lowest BCUT2D eigenvalue weighted by molar-refractivity contribution is 0.441. The number of aromatic hydroxyl groups is 2. The molecule has 1 aromatic heterocycles. The van der Waals surface area contributed by atoms with E-state index in [2.05, 4.69) is 47.2 Å². The Balaban J connectivity index is 2.48. The number of benzene rings is 1. The summed E-state index contributed by atoms with van der Waals surface area (Å²) in [6.07, 6.45) is 1.42. The summed E-state index contributed by atoms with van der Waals surface area (Å²) >= 11 is 11.3. The summed E-state index contributed by atoms with van der Waals surface area (Å²) in [4.78, 5) is 0. The molecule has 19 heavy (non-hydrogen) atoms. The van der Waals surface area contributed by atoms with E-state index >= 15 is 0 Å². The number of H-pyrrole nitrogens is 1. The minimum atomic E-state index is -0.114. The van der Waals surface area contributed by atoms with Crippen LogP contribution in [0.2, 0.25) is 0 Å². The molecule has 2 rings (SSSR count). The lowest BCUT2D eigenvalue weighted by atomic mass is 10.2. The molecule has 0 unspecified atom stereocenters. The average Bonchev–Trinajstić information content (AvgIpc) is 2.70. The Kier molecular flexibility index (Phi) is 4.07. The highest BCUT2D eigenvalue weighted by atomic mass is 79.9. The lowest BCUT2D eigenvalue weighted by Crippen LogP contribution is -1.94. The first-order valence-corrected chi connectivity index (χ1v) is 6.99. The van der Waals surface area contributed by atoms with E-state index < -0.39 is 0 Å². The van der Waals surface area contributed by atoms with Crippen LogP contribution in [0.5, 0.6) is 11.5 Å². The zero-order valence-corrected chi connectivity index (χ0v) is 13.5. The molecule has 3 N–H and O–H groups in total. The van der Waals surface area contributed by atoms with E-state index in [4.69, 9.17) is 12.2 Å². The molecule has 0 atom stereocenters. The van der Waals surface area contributed by atoms with Crippen molar-refractivity contribution in [2.24, 2.45) is 5.10 Å². The van der Waals surface area contributed by atoms with Crippen LogP contribution in [0.25, 0.3) is 0 Å². The topological polar surface area (TPSA) is 86.4 Å². The molecule has 0 bridgehead atoms. The van der Waals surface area contributed by atoms with Crippen molar-refractivity contribution in [3.8, 4) is 11.5 Å². The quantitative estimate of drug-likeness (QED) is 0.527. The summed E-state index contributed by atoms with van der Waals surface area (Å²) in [5.41, 5.74) is 0.416. The van der Waals surface area contributed by atoms with E-state index in [1.807, 2.05) is 0 Å². The number of hydrogen-bond donors (Lipinski definition) is 3. The number of phenolic OH excluding ortho intramolecular Hbond substituents is 2. The van der Waals surface area contributed by atoms with Gasteiger partial charge in [-0.1, -0.05) is 0 Å². The third-order valence-corrected chi connectivity index (χ3v) is 3.94. The Morgan fingerprint density at radius 1 is 1.42 bits per heavy atom. The second-order valence-corrected chi connectivity index (χ2v) is 5.63. The molecule has 6 nitrogen and oxygen atoms in total. The number of aromatic amines is 1. The Bertz CT molecular complexity index is 723. The molecule has 0 aliphatic heterocycles. The van der Waals surface area contributed by atoms with Crippen molar-refractivity contribution >= 4 is 50.3 Å². The van der Waals surface area contributed by atoms with Gasteiger partial charge in [0, 0.05) is 5.56 Å². The van der Waals surface area contributed by atoms with Crippen LogP contribution in [0.4, 0.5) is 0 Å². The van der Waals surface area contributed by atoms with Gasteiger partial charge in [0.15, 0.2) is 0 Å². The molecular formula is C10H8Br2N4O2S. The van der Waals surface area contributed by atoms with Gasteiger partial charge in [0.05, 0.1) is 10.7 Å². The molecule has 100 valence electrons. The number of hydrogen-bond acceptors (Lipinski definition) is 5. The average molecular weight is 408 g/mol. The van der Waals surface area contributed by atoms with Gasteiger partial charge in [-0.2, -0.15) is 14.9 Å². The van der Waals surface area contributed by atoms with Crippen molar-refractivity contribution in [1.29, 1.82) is 0 Å². The van der Waals surface area contributed by atoms with Crippen LogP contribution in [0, 0.1) is 11.7 Å². The van der Waals surface area contributed by atoms with Gasteiger partial charge in [-0.3, -0.25) is 5.10 Å². The number of phenols is 2. The van der Waals surface area contributed by atoms with Crippen LogP contribution < -0.4 is 0 Å². The zero-order chi connectivity index (χ0) is 14.2. The van der Waals surface area contributed by atoms with Gasteiger partial charge in [0.25, 0.3) is 0 Å². The van der Waals surface area contributed by atoms with E-state index in [1.54, 1.807) is 6.92 Å². The normalized spacial score (nSPS) is 11.3. The van der Waals surface area contributed by atoms with E-state index in [1.165, 1.54) is 17.0 Å². The Morgan fingerprint density at radius 3 is 2.68 bits per heavy atom. The standard InChI is InChI=1S/C10H8Br2N4O2S/c1-4-14-15-10(19)16(4)13-3-5-2-6(11)9(18)7(12)8(5)17/h2-3,17-18H,1H3,(H,15,19)/b13-3-. The lowest BCUT2D eigenvalue weighted by Gasteiger charge is -2.06. The van der Waals surface area contributed by atoms with Crippen molar-refractivity contribution in [3.05, 3.63) is 31.2 Å². The number of halogens is 2. The first kappa shape index (κ1) is 14.2. The number of aromatic nitrogens is 3. The summed E-state index contributed by atoms with van der Waals surface area (Å²) in [5.74, 6) is 0.403. The third kappa shape index (κ3) is 2.72. The van der Waals surface area contributed by atoms with Gasteiger partial charge in [0.1, 0.15) is 21.8 Å². The van der Waals surface area contributed by atoms with Crippen LogP contribution in [-0.2, 0) is 0 Å². The zero-order valence-electron chi connectivity index (χ0n) is 9.55. The Hall–Kier alpha value is -1.19. The minimum absolute atomic E-state index is 0.0780. The van der Waals surface area contributed by atoms with Gasteiger partial charge < -0.3 is 10.2 Å². The first-order chi connectivity index (χ1) is 8.91. The number of nitrogens with one attached hydrogen (secondary N) is 1. The summed E-state index contributed by atoms with van der Waals surface area (Å²) in [6, 6.07) is 1.54. The molecule has 0 fully saturated rings. The van der Waals surface area contributed by atoms with Gasteiger partial charge in [0.2, 0.25) is 4.77 Å². The van der Waals surface area contributed by atoms with E-state index in [0.29, 0.717) is 20.6 Å². The molecule has 0 saturated heterocycles. The third-order valence-electron chi connectivity index (χ3n) is 2.32. The smallest absolute Gasteiger partial charge is 0.216 e. The van der Waals surface area contributed by atoms with E-state index in [-0.39, 0.29) is 16.0 Å². The van der Waals surface area contributed by atoms with E-state index in [0.717, 1.165) is 0 Å². The Labute approximate surface area is 130 Å². The predicted octanol–water partition coefficient (Wildman–Crippen LogP) is 3.07. The molecule has 0 spiro atoms. The second kappa shape index (κ2) is 5.43. The maximum Gasteiger partial charge on any atom is 0.216 e. The van der Waals surface area contributed by atoms with E-state index in [9.17, 15) is 10.2 Å². The maximum atomic E-state index is 9.89. The summed E-state index contributed by atoms with van der Waals surface area (Å²) < 4.78 is 2.40. The fourth-order valence-corrected chi connectivity index (χ4v) is 2.72. The molecule has 2 aromatic rings. The fourth-order valence-electron chi connectivity index (χ4n) is 1.34. The van der Waals surface area contributed by atoms with Crippen molar-refractivity contribution < 1.29 is 10.2 Å². The molecule has 0 amide bonds. The molecule has 1 heterocycles. The molecular weight excluding hydrogens is 400 g/mol. The highest BCUT2D eigenvalue weighted by Crippen LogP contribution is 2.40. The van der Waals surface area contributed by atoms with Crippen molar-refractivity contribution in [2.45, 2.75) is 6.92 Å². The minimum Gasteiger partial charge on any atom is -0.506 e. The second-order valence-electron chi connectivity index (χ2n) is 3.59.